The van der Waals surface area contributed by atoms with Crippen molar-refractivity contribution in [3.8, 4) is 45.4 Å². The van der Waals surface area contributed by atoms with Crippen LogP contribution in [0.5, 0.6) is 11.8 Å². The number of hydrogen-bond acceptors (Lipinski definition) is 8. The number of rotatable bonds is 9. The minimum Gasteiger partial charge on any atom is -0.481 e. The summed E-state index contributed by atoms with van der Waals surface area (Å²) in [6, 6.07) is 17.0. The summed E-state index contributed by atoms with van der Waals surface area (Å²) >= 11 is 14.5. The normalized spacial score (nSPS) is 21.1. The average molecular weight is 688 g/mol. The smallest absolute Gasteiger partial charge is 0.218 e. The van der Waals surface area contributed by atoms with Gasteiger partial charge in [0.15, 0.2) is 0 Å². The number of aryl methyl sites for hydroxylation is 2. The van der Waals surface area contributed by atoms with E-state index in [-0.39, 0.29) is 0 Å². The maximum absolute atomic E-state index is 7.24. The molecule has 10 heteroatoms. The molecule has 4 aromatic rings. The van der Waals surface area contributed by atoms with Crippen molar-refractivity contribution in [1.29, 1.82) is 0 Å². The summed E-state index contributed by atoms with van der Waals surface area (Å²) in [6.07, 6.45) is 4.61. The van der Waals surface area contributed by atoms with E-state index in [1.54, 1.807) is 28.4 Å². The third-order valence-corrected chi connectivity index (χ3v) is 11.6. The van der Waals surface area contributed by atoms with Crippen molar-refractivity contribution in [1.82, 2.24) is 19.8 Å². The van der Waals surface area contributed by atoms with Gasteiger partial charge in [-0.3, -0.25) is 9.80 Å². The fourth-order valence-electron chi connectivity index (χ4n) is 8.10. The van der Waals surface area contributed by atoms with Crippen LogP contribution < -0.4 is 9.47 Å². The zero-order valence-corrected chi connectivity index (χ0v) is 29.3. The van der Waals surface area contributed by atoms with Crippen LogP contribution in [0.15, 0.2) is 48.5 Å². The van der Waals surface area contributed by atoms with Crippen molar-refractivity contribution in [2.45, 2.75) is 50.0 Å². The zero-order chi connectivity index (χ0) is 33.1. The van der Waals surface area contributed by atoms with Gasteiger partial charge in [-0.1, -0.05) is 59.6 Å². The van der Waals surface area contributed by atoms with Crippen molar-refractivity contribution in [2.24, 2.45) is 0 Å². The van der Waals surface area contributed by atoms with E-state index in [1.807, 2.05) is 36.4 Å². The quantitative estimate of drug-likeness (QED) is 0.180. The third kappa shape index (κ3) is 5.29. The van der Waals surface area contributed by atoms with Crippen molar-refractivity contribution < 1.29 is 18.9 Å². The van der Waals surface area contributed by atoms with Crippen molar-refractivity contribution in [2.75, 3.05) is 54.6 Å². The summed E-state index contributed by atoms with van der Waals surface area (Å²) in [6.45, 7) is 3.73. The average Bonchev–Trinajstić information content (AvgIpc) is 3.68. The van der Waals surface area contributed by atoms with Crippen molar-refractivity contribution >= 4 is 23.2 Å². The van der Waals surface area contributed by atoms with Gasteiger partial charge in [-0.05, 0) is 48.9 Å². The predicted molar refractivity (Wildman–Crippen MR) is 188 cm³/mol. The summed E-state index contributed by atoms with van der Waals surface area (Å²) in [5.74, 6) is 1.33. The molecule has 0 radical (unpaired) electrons. The Labute approximate surface area is 291 Å². The van der Waals surface area contributed by atoms with Crippen LogP contribution in [-0.4, -0.2) is 86.6 Å². The summed E-state index contributed by atoms with van der Waals surface area (Å²) in [5, 5.41) is 1.19. The van der Waals surface area contributed by atoms with Gasteiger partial charge in [0.25, 0.3) is 0 Å². The van der Waals surface area contributed by atoms with Gasteiger partial charge in [-0.15, -0.1) is 0 Å². The Morgan fingerprint density at radius 3 is 1.38 bits per heavy atom. The molecule has 0 amide bonds. The highest BCUT2D eigenvalue weighted by molar-refractivity contribution is 6.39. The first-order valence-corrected chi connectivity index (χ1v) is 17.4. The Balaban J connectivity index is 1.12. The van der Waals surface area contributed by atoms with E-state index in [2.05, 4.69) is 21.9 Å². The standard InChI is InChI=1S/C38H40Cl2N4O4/c1-45-23-17-43(18-23)31-13-11-21-15-29(41-37(47-3)33(21)31)27-9-5-7-25(35(27)39)26-8-6-10-28(36(26)40)30-16-22-12-14-32(34(22)38(42-30)48-4)44-19-24(20-44)46-2/h5-10,15-16,23-24,31-32H,11-14,17-20H2,1-4H3/t31-,32-/m0/s1. The van der Waals surface area contributed by atoms with Gasteiger partial charge in [0, 0.05) is 85.9 Å². The number of methoxy groups -OCH3 is 4. The van der Waals surface area contributed by atoms with Crippen LogP contribution in [0.3, 0.4) is 0 Å². The van der Waals surface area contributed by atoms with Crippen LogP contribution in [0, 0.1) is 0 Å². The maximum Gasteiger partial charge on any atom is 0.218 e. The molecule has 4 aliphatic rings. The number of fused-ring (bicyclic) bond motifs is 2. The number of likely N-dealkylation sites (tertiary alicyclic amines) is 2. The van der Waals surface area contributed by atoms with Gasteiger partial charge in [0.05, 0.1) is 47.9 Å². The Morgan fingerprint density at radius 2 is 1.00 bits per heavy atom. The van der Waals surface area contributed by atoms with E-state index in [4.69, 9.17) is 52.1 Å². The topological polar surface area (TPSA) is 69.2 Å². The lowest BCUT2D eigenvalue weighted by Gasteiger charge is -2.42. The molecule has 250 valence electrons. The minimum absolute atomic E-state index is 0.294. The maximum atomic E-state index is 7.24. The monoisotopic (exact) mass is 686 g/mol. The summed E-state index contributed by atoms with van der Waals surface area (Å²) < 4.78 is 22.8. The number of pyridine rings is 2. The largest absolute Gasteiger partial charge is 0.481 e. The number of benzene rings is 2. The lowest BCUT2D eigenvalue weighted by molar-refractivity contribution is -0.0515. The van der Waals surface area contributed by atoms with Crippen LogP contribution >= 0.6 is 23.2 Å². The fraction of sp³-hybridized carbons (Fsp3) is 0.421. The molecule has 2 atom stereocenters. The lowest BCUT2D eigenvalue weighted by Crippen LogP contribution is -2.52. The number of hydrogen-bond donors (Lipinski definition) is 0. The molecule has 2 aromatic carbocycles. The Hall–Kier alpha value is -3.24. The molecule has 0 saturated carbocycles. The van der Waals surface area contributed by atoms with E-state index in [0.29, 0.717) is 46.1 Å². The molecule has 0 bridgehead atoms. The highest BCUT2D eigenvalue weighted by Gasteiger charge is 2.40. The number of ether oxygens (including phenoxy) is 4. The first-order chi connectivity index (χ1) is 23.4. The molecule has 2 aliphatic heterocycles. The van der Waals surface area contributed by atoms with Crippen molar-refractivity contribution in [3.05, 3.63) is 80.8 Å². The molecular formula is C38H40Cl2N4O4. The van der Waals surface area contributed by atoms with Gasteiger partial charge >= 0.3 is 0 Å². The van der Waals surface area contributed by atoms with Crippen molar-refractivity contribution in [3.63, 3.8) is 0 Å². The number of halogens is 2. The molecule has 8 rings (SSSR count). The minimum atomic E-state index is 0.294. The SMILES string of the molecule is COc1nc(-c2cccc(-c3cccc(-c4cc5c(c(OC)n4)[C@@H](N4CC(OC)C4)CC5)c3Cl)c2Cl)cc2c1[C@@H](N1CC(OC)C1)CC2. The van der Waals surface area contributed by atoms with Gasteiger partial charge in [0.1, 0.15) is 0 Å². The van der Waals surface area contributed by atoms with E-state index in [0.717, 1.165) is 85.5 Å². The van der Waals surface area contributed by atoms with Crippen LogP contribution in [0.4, 0.5) is 0 Å². The predicted octanol–water partition coefficient (Wildman–Crippen LogP) is 7.44. The second kappa shape index (κ2) is 12.9. The zero-order valence-electron chi connectivity index (χ0n) is 27.8. The van der Waals surface area contributed by atoms with Crippen LogP contribution in [0.25, 0.3) is 33.6 Å². The molecule has 48 heavy (non-hydrogen) atoms. The number of nitrogens with zero attached hydrogens (tertiary/aromatic N) is 4. The van der Waals surface area contributed by atoms with E-state index >= 15 is 0 Å². The highest BCUT2D eigenvalue weighted by atomic mass is 35.5. The van der Waals surface area contributed by atoms with E-state index in [1.165, 1.54) is 22.3 Å². The molecule has 0 N–H and O–H groups in total. The first-order valence-electron chi connectivity index (χ1n) is 16.7. The van der Waals surface area contributed by atoms with Gasteiger partial charge < -0.3 is 18.9 Å². The fourth-order valence-corrected chi connectivity index (χ4v) is 8.75. The van der Waals surface area contributed by atoms with Gasteiger partial charge in [0.2, 0.25) is 11.8 Å². The van der Waals surface area contributed by atoms with Crippen LogP contribution in [-0.2, 0) is 22.3 Å². The molecule has 0 unspecified atom stereocenters. The summed E-state index contributed by atoms with van der Waals surface area (Å²) in [5.41, 5.74) is 9.84. The second-order valence-electron chi connectivity index (χ2n) is 13.2. The van der Waals surface area contributed by atoms with Gasteiger partial charge in [-0.25, -0.2) is 9.97 Å². The van der Waals surface area contributed by atoms with E-state index < -0.39 is 0 Å². The molecular weight excluding hydrogens is 647 g/mol. The molecule has 0 spiro atoms. The summed E-state index contributed by atoms with van der Waals surface area (Å²) in [7, 11) is 6.96. The molecule has 8 nitrogen and oxygen atoms in total. The molecule has 2 aromatic heterocycles. The Bertz CT molecular complexity index is 1740. The molecule has 4 heterocycles. The highest BCUT2D eigenvalue weighted by Crippen LogP contribution is 2.48. The van der Waals surface area contributed by atoms with Crippen LogP contribution in [0.1, 0.15) is 47.2 Å². The lowest BCUT2D eigenvalue weighted by atomic mass is 9.96. The van der Waals surface area contributed by atoms with Crippen LogP contribution in [0.2, 0.25) is 10.0 Å². The Morgan fingerprint density at radius 1 is 0.604 bits per heavy atom. The molecule has 2 saturated heterocycles. The molecule has 2 fully saturated rings. The number of aromatic nitrogens is 2. The molecule has 2 aliphatic carbocycles. The van der Waals surface area contributed by atoms with E-state index in [9.17, 15) is 0 Å². The third-order valence-electron chi connectivity index (χ3n) is 10.8. The first kappa shape index (κ1) is 32.0. The summed E-state index contributed by atoms with van der Waals surface area (Å²) in [4.78, 5) is 14.9. The second-order valence-corrected chi connectivity index (χ2v) is 14.0. The Kier molecular flexibility index (Phi) is 8.60. The van der Waals surface area contributed by atoms with Gasteiger partial charge in [-0.2, -0.15) is 0 Å².